The van der Waals surface area contributed by atoms with Crippen molar-refractivity contribution in [3.05, 3.63) is 34.4 Å². The van der Waals surface area contributed by atoms with E-state index in [4.69, 9.17) is 0 Å². The molecule has 0 aliphatic carbocycles. The maximum absolute atomic E-state index is 10.2. The fraction of sp³-hybridized carbons (Fsp3) is 0. The minimum atomic E-state index is -0.456. The highest BCUT2D eigenvalue weighted by Crippen LogP contribution is 2.20. The van der Waals surface area contributed by atoms with Crippen LogP contribution in [0.3, 0.4) is 0 Å². The lowest BCUT2D eigenvalue weighted by molar-refractivity contribution is -0.387. The Bertz CT molecular complexity index is 267. The van der Waals surface area contributed by atoms with Crippen molar-refractivity contribution in [3.63, 3.8) is 0 Å². The maximum atomic E-state index is 10.2. The summed E-state index contributed by atoms with van der Waals surface area (Å²) in [4.78, 5) is 10.1. The first-order valence-corrected chi connectivity index (χ1v) is 3.09. The van der Waals surface area contributed by atoms with E-state index in [0.29, 0.717) is 4.90 Å². The van der Waals surface area contributed by atoms with Crippen LogP contribution in [0.2, 0.25) is 0 Å². The van der Waals surface area contributed by atoms with Gasteiger partial charge in [-0.15, -0.1) is 25.0 Å². The maximum Gasteiger partial charge on any atom is 0.282 e. The van der Waals surface area contributed by atoms with Crippen molar-refractivity contribution >= 4 is 30.7 Å². The van der Waals surface area contributed by atoms with E-state index in [1.807, 2.05) is 0 Å². The first kappa shape index (κ1) is 10.3. The summed E-state index contributed by atoms with van der Waals surface area (Å²) in [5.74, 6) is 0. The van der Waals surface area contributed by atoms with Crippen molar-refractivity contribution in [1.82, 2.24) is 0 Å². The molecule has 0 atom stereocenters. The zero-order valence-electron chi connectivity index (χ0n) is 5.43. The van der Waals surface area contributed by atoms with E-state index in [1.54, 1.807) is 18.2 Å². The van der Waals surface area contributed by atoms with Gasteiger partial charge >= 0.3 is 0 Å². The lowest BCUT2D eigenvalue weighted by atomic mass is 10.3. The van der Waals surface area contributed by atoms with E-state index in [2.05, 4.69) is 12.6 Å². The molecule has 0 saturated heterocycles. The molecule has 0 heterocycles. The van der Waals surface area contributed by atoms with Crippen LogP contribution >= 0.6 is 25.0 Å². The number of nitrogens with zero attached hydrogens (tertiary/aromatic N) is 1. The summed E-state index contributed by atoms with van der Waals surface area (Å²) < 4.78 is 0. The molecule has 60 valence electrons. The molecule has 1 aromatic rings. The lowest BCUT2D eigenvalue weighted by Gasteiger charge is -1.91. The molecule has 0 aromatic heterocycles. The van der Waals surface area contributed by atoms with Crippen LogP contribution in [-0.2, 0) is 0 Å². The standard InChI is InChI=1S/C6H5NO2S.ClH/c8-7(9)5-3-1-2-4-6(5)10;/h1-4,10H;1H. The predicted molar refractivity (Wildman–Crippen MR) is 47.6 cm³/mol. The van der Waals surface area contributed by atoms with Crippen molar-refractivity contribution in [2.75, 3.05) is 0 Å². The highest BCUT2D eigenvalue weighted by atomic mass is 35.5. The normalized spacial score (nSPS) is 8.45. The van der Waals surface area contributed by atoms with E-state index in [9.17, 15) is 10.1 Å². The molecule has 0 spiro atoms. The molecule has 11 heavy (non-hydrogen) atoms. The molecule has 0 unspecified atom stereocenters. The van der Waals surface area contributed by atoms with Gasteiger partial charge in [-0.25, -0.2) is 0 Å². The van der Waals surface area contributed by atoms with E-state index in [1.165, 1.54) is 6.07 Å². The second-order valence-electron chi connectivity index (χ2n) is 1.75. The van der Waals surface area contributed by atoms with Crippen LogP contribution in [0.5, 0.6) is 0 Å². The first-order chi connectivity index (χ1) is 4.72. The summed E-state index contributed by atoms with van der Waals surface area (Å²) in [6.45, 7) is 0. The van der Waals surface area contributed by atoms with Gasteiger partial charge in [0.05, 0.1) is 9.82 Å². The Morgan fingerprint density at radius 2 is 1.91 bits per heavy atom. The van der Waals surface area contributed by atoms with E-state index >= 15 is 0 Å². The summed E-state index contributed by atoms with van der Waals surface area (Å²) in [7, 11) is 0. The number of thiol groups is 1. The van der Waals surface area contributed by atoms with Crippen molar-refractivity contribution < 1.29 is 4.92 Å². The molecule has 0 radical (unpaired) electrons. The van der Waals surface area contributed by atoms with Crippen LogP contribution in [0.15, 0.2) is 29.2 Å². The Morgan fingerprint density at radius 3 is 2.27 bits per heavy atom. The fourth-order valence-electron chi connectivity index (χ4n) is 0.619. The molecule has 1 rings (SSSR count). The second kappa shape index (κ2) is 4.20. The summed E-state index contributed by atoms with van der Waals surface area (Å²) in [5.41, 5.74) is 0.0471. The number of hydrogen-bond donors (Lipinski definition) is 1. The van der Waals surface area contributed by atoms with Crippen molar-refractivity contribution in [2.45, 2.75) is 4.90 Å². The highest BCUT2D eigenvalue weighted by molar-refractivity contribution is 7.80. The predicted octanol–water partition coefficient (Wildman–Crippen LogP) is 2.31. The minimum absolute atomic E-state index is 0. The zero-order valence-corrected chi connectivity index (χ0v) is 7.14. The van der Waals surface area contributed by atoms with Crippen molar-refractivity contribution in [1.29, 1.82) is 0 Å². The largest absolute Gasteiger partial charge is 0.282 e. The van der Waals surface area contributed by atoms with Crippen LogP contribution in [0.25, 0.3) is 0 Å². The molecule has 0 aliphatic heterocycles. The molecular weight excluding hydrogens is 186 g/mol. The SMILES string of the molecule is Cl.O=[N+]([O-])c1ccccc1S. The van der Waals surface area contributed by atoms with Crippen molar-refractivity contribution in [2.24, 2.45) is 0 Å². The Morgan fingerprint density at radius 1 is 1.36 bits per heavy atom. The second-order valence-corrected chi connectivity index (χ2v) is 2.23. The van der Waals surface area contributed by atoms with Gasteiger partial charge in [-0.3, -0.25) is 10.1 Å². The Kier molecular flexibility index (Phi) is 3.92. The van der Waals surface area contributed by atoms with Crippen LogP contribution < -0.4 is 0 Å². The van der Waals surface area contributed by atoms with Gasteiger partial charge in [0, 0.05) is 6.07 Å². The van der Waals surface area contributed by atoms with Crippen LogP contribution in [-0.4, -0.2) is 4.92 Å². The zero-order chi connectivity index (χ0) is 7.56. The number of nitro groups is 1. The average Bonchev–Trinajstić information content (AvgIpc) is 1.88. The quantitative estimate of drug-likeness (QED) is 0.421. The fourth-order valence-corrected chi connectivity index (χ4v) is 0.861. The van der Waals surface area contributed by atoms with Gasteiger partial charge in [0.25, 0.3) is 5.69 Å². The number of nitro benzene ring substituents is 1. The lowest BCUT2D eigenvalue weighted by Crippen LogP contribution is -1.87. The van der Waals surface area contributed by atoms with Gasteiger partial charge in [-0.1, -0.05) is 12.1 Å². The Labute approximate surface area is 75.4 Å². The molecule has 0 amide bonds. The summed E-state index contributed by atoms with van der Waals surface area (Å²) in [6, 6.07) is 6.32. The summed E-state index contributed by atoms with van der Waals surface area (Å²) in [5, 5.41) is 10.2. The van der Waals surface area contributed by atoms with Gasteiger partial charge in [0.15, 0.2) is 0 Å². The third kappa shape index (κ3) is 2.40. The molecule has 5 heteroatoms. The van der Waals surface area contributed by atoms with E-state index < -0.39 is 4.92 Å². The smallest absolute Gasteiger partial charge is 0.258 e. The first-order valence-electron chi connectivity index (χ1n) is 2.64. The molecule has 1 aromatic carbocycles. The molecule has 0 saturated carbocycles. The van der Waals surface area contributed by atoms with Crippen LogP contribution in [0, 0.1) is 10.1 Å². The van der Waals surface area contributed by atoms with Crippen LogP contribution in [0.4, 0.5) is 5.69 Å². The van der Waals surface area contributed by atoms with E-state index in [-0.39, 0.29) is 18.1 Å². The Hall–Kier alpha value is -0.740. The summed E-state index contributed by atoms with van der Waals surface area (Å²) in [6.07, 6.45) is 0. The van der Waals surface area contributed by atoms with Gasteiger partial charge in [0.2, 0.25) is 0 Å². The molecule has 0 aliphatic rings. The van der Waals surface area contributed by atoms with Gasteiger partial charge in [0.1, 0.15) is 0 Å². The third-order valence-corrected chi connectivity index (χ3v) is 1.46. The van der Waals surface area contributed by atoms with Gasteiger partial charge in [-0.05, 0) is 6.07 Å². The topological polar surface area (TPSA) is 43.1 Å². The number of benzene rings is 1. The summed E-state index contributed by atoms with van der Waals surface area (Å²) >= 11 is 3.90. The van der Waals surface area contributed by atoms with Crippen molar-refractivity contribution in [3.8, 4) is 0 Å². The Balaban J connectivity index is 0.000001000. The number of halogens is 1. The number of rotatable bonds is 1. The molecule has 3 nitrogen and oxygen atoms in total. The van der Waals surface area contributed by atoms with Gasteiger partial charge < -0.3 is 0 Å². The average molecular weight is 192 g/mol. The number of hydrogen-bond acceptors (Lipinski definition) is 3. The molecule has 0 fully saturated rings. The van der Waals surface area contributed by atoms with Crippen LogP contribution in [0.1, 0.15) is 0 Å². The molecular formula is C6H6ClNO2S. The minimum Gasteiger partial charge on any atom is -0.258 e. The molecule has 0 N–H and O–H groups in total. The number of para-hydroxylation sites is 1. The monoisotopic (exact) mass is 191 g/mol. The van der Waals surface area contributed by atoms with Gasteiger partial charge in [-0.2, -0.15) is 0 Å². The highest BCUT2D eigenvalue weighted by Gasteiger charge is 2.06. The molecule has 0 bridgehead atoms. The third-order valence-electron chi connectivity index (χ3n) is 1.08. The van der Waals surface area contributed by atoms with E-state index in [0.717, 1.165) is 0 Å².